The van der Waals surface area contributed by atoms with Gasteiger partial charge in [-0.15, -0.1) is 0 Å². The molecule has 0 saturated heterocycles. The fourth-order valence-electron chi connectivity index (χ4n) is 4.77. The van der Waals surface area contributed by atoms with Crippen LogP contribution < -0.4 is 4.74 Å². The van der Waals surface area contributed by atoms with Crippen molar-refractivity contribution in [2.24, 2.45) is 11.8 Å². The average Bonchev–Trinajstić information content (AvgIpc) is 2.82. The topological polar surface area (TPSA) is 35.0 Å². The minimum Gasteiger partial charge on any atom is -0.490 e. The van der Waals surface area contributed by atoms with Crippen LogP contribution in [-0.2, 0) is 6.42 Å². The fraction of sp³-hybridized carbons (Fsp3) is 0.643. The quantitative estimate of drug-likeness (QED) is 0.306. The largest absolute Gasteiger partial charge is 0.490 e. The van der Waals surface area contributed by atoms with Crippen LogP contribution in [0.25, 0.3) is 11.4 Å². The van der Waals surface area contributed by atoms with Crippen molar-refractivity contribution in [3.63, 3.8) is 0 Å². The van der Waals surface area contributed by atoms with Gasteiger partial charge < -0.3 is 4.74 Å². The van der Waals surface area contributed by atoms with Gasteiger partial charge in [-0.2, -0.15) is 0 Å². The minimum absolute atomic E-state index is 0.742. The highest BCUT2D eigenvalue weighted by molar-refractivity contribution is 5.55. The lowest BCUT2D eigenvalue weighted by Gasteiger charge is -2.28. The standard InChI is InChI=1S/C28H42N2O/c1-3-5-7-9-23-10-12-24(13-11-23)14-15-25-16-18-26(19-17-25)28-29-21-27(22-30-28)31-20-8-6-4-2/h16-19,21-24H,3-15,20H2,1-2H3. The number of nitrogens with zero attached hydrogens (tertiary/aromatic N) is 2. The van der Waals surface area contributed by atoms with E-state index in [1.165, 1.54) is 82.6 Å². The first-order valence-electron chi connectivity index (χ1n) is 12.8. The molecule has 0 unspecified atom stereocenters. The summed E-state index contributed by atoms with van der Waals surface area (Å²) in [6.45, 7) is 5.24. The van der Waals surface area contributed by atoms with Gasteiger partial charge >= 0.3 is 0 Å². The monoisotopic (exact) mass is 422 g/mol. The Labute approximate surface area is 190 Å². The zero-order valence-corrected chi connectivity index (χ0v) is 19.8. The van der Waals surface area contributed by atoms with Crippen molar-refractivity contribution in [3.8, 4) is 17.1 Å². The van der Waals surface area contributed by atoms with E-state index in [4.69, 9.17) is 4.74 Å². The number of unbranched alkanes of at least 4 members (excludes halogenated alkanes) is 4. The maximum Gasteiger partial charge on any atom is 0.159 e. The van der Waals surface area contributed by atoms with Gasteiger partial charge in [0.1, 0.15) is 0 Å². The molecule has 1 aromatic carbocycles. The summed E-state index contributed by atoms with van der Waals surface area (Å²) in [6, 6.07) is 8.84. The number of aromatic nitrogens is 2. The summed E-state index contributed by atoms with van der Waals surface area (Å²) in [5.74, 6) is 3.47. The summed E-state index contributed by atoms with van der Waals surface area (Å²) in [7, 11) is 0. The van der Waals surface area contributed by atoms with Crippen LogP contribution in [0.2, 0.25) is 0 Å². The summed E-state index contributed by atoms with van der Waals surface area (Å²) >= 11 is 0. The van der Waals surface area contributed by atoms with E-state index in [0.29, 0.717) is 0 Å². The molecule has 3 heteroatoms. The van der Waals surface area contributed by atoms with Crippen LogP contribution in [0, 0.1) is 11.8 Å². The van der Waals surface area contributed by atoms with Gasteiger partial charge in [0.15, 0.2) is 11.6 Å². The number of aryl methyl sites for hydroxylation is 1. The van der Waals surface area contributed by atoms with Crippen molar-refractivity contribution in [2.75, 3.05) is 6.61 Å². The zero-order valence-electron chi connectivity index (χ0n) is 19.8. The second kappa shape index (κ2) is 13.5. The Morgan fingerprint density at radius 1 is 0.774 bits per heavy atom. The van der Waals surface area contributed by atoms with Gasteiger partial charge in [-0.25, -0.2) is 9.97 Å². The smallest absolute Gasteiger partial charge is 0.159 e. The molecule has 0 bridgehead atoms. The molecule has 0 N–H and O–H groups in total. The third-order valence-electron chi connectivity index (χ3n) is 6.88. The highest BCUT2D eigenvalue weighted by Gasteiger charge is 2.20. The van der Waals surface area contributed by atoms with Crippen molar-refractivity contribution in [3.05, 3.63) is 42.2 Å². The summed E-state index contributed by atoms with van der Waals surface area (Å²) in [4.78, 5) is 8.99. The Bertz CT molecular complexity index is 718. The molecule has 0 radical (unpaired) electrons. The Balaban J connectivity index is 1.39. The van der Waals surface area contributed by atoms with E-state index < -0.39 is 0 Å². The number of hydrogen-bond donors (Lipinski definition) is 0. The van der Waals surface area contributed by atoms with Crippen LogP contribution >= 0.6 is 0 Å². The van der Waals surface area contributed by atoms with E-state index in [1.54, 1.807) is 12.4 Å². The number of ether oxygens (including phenoxy) is 1. The summed E-state index contributed by atoms with van der Waals surface area (Å²) in [5, 5.41) is 0. The van der Waals surface area contributed by atoms with Crippen molar-refractivity contribution >= 4 is 0 Å². The second-order valence-corrected chi connectivity index (χ2v) is 9.42. The average molecular weight is 423 g/mol. The molecule has 1 heterocycles. The lowest BCUT2D eigenvalue weighted by molar-refractivity contribution is 0.249. The second-order valence-electron chi connectivity index (χ2n) is 9.42. The van der Waals surface area contributed by atoms with E-state index in [2.05, 4.69) is 48.1 Å². The van der Waals surface area contributed by atoms with Gasteiger partial charge in [-0.3, -0.25) is 0 Å². The first-order chi connectivity index (χ1) is 15.3. The summed E-state index contributed by atoms with van der Waals surface area (Å²) < 4.78 is 5.71. The number of hydrogen-bond acceptors (Lipinski definition) is 3. The molecular formula is C28H42N2O. The van der Waals surface area contributed by atoms with Gasteiger partial charge in [0.05, 0.1) is 19.0 Å². The lowest BCUT2D eigenvalue weighted by Crippen LogP contribution is -2.15. The lowest BCUT2D eigenvalue weighted by atomic mass is 9.78. The van der Waals surface area contributed by atoms with Crippen LogP contribution in [0.1, 0.15) is 96.5 Å². The van der Waals surface area contributed by atoms with Crippen LogP contribution in [0.15, 0.2) is 36.7 Å². The molecule has 1 aliphatic rings. The summed E-state index contributed by atoms with van der Waals surface area (Å²) in [5.41, 5.74) is 2.51. The Morgan fingerprint density at radius 3 is 2.03 bits per heavy atom. The molecule has 2 aromatic rings. The molecular weight excluding hydrogens is 380 g/mol. The number of benzene rings is 1. The maximum atomic E-state index is 5.71. The van der Waals surface area contributed by atoms with Crippen molar-refractivity contribution < 1.29 is 4.74 Å². The molecule has 3 nitrogen and oxygen atoms in total. The van der Waals surface area contributed by atoms with Gasteiger partial charge in [0.25, 0.3) is 0 Å². The van der Waals surface area contributed by atoms with Crippen LogP contribution in [0.5, 0.6) is 5.75 Å². The van der Waals surface area contributed by atoms with Crippen molar-refractivity contribution in [2.45, 2.75) is 97.3 Å². The van der Waals surface area contributed by atoms with Crippen LogP contribution in [-0.4, -0.2) is 16.6 Å². The van der Waals surface area contributed by atoms with Gasteiger partial charge in [0, 0.05) is 5.56 Å². The Kier molecular flexibility index (Phi) is 10.3. The zero-order chi connectivity index (χ0) is 21.7. The first-order valence-corrected chi connectivity index (χ1v) is 12.8. The molecule has 1 aliphatic carbocycles. The summed E-state index contributed by atoms with van der Waals surface area (Å²) in [6.07, 6.45) is 21.1. The molecule has 1 fully saturated rings. The van der Waals surface area contributed by atoms with Gasteiger partial charge in [0.2, 0.25) is 0 Å². The van der Waals surface area contributed by atoms with E-state index in [-0.39, 0.29) is 0 Å². The predicted octanol–water partition coefficient (Wildman–Crippen LogP) is 8.03. The van der Waals surface area contributed by atoms with E-state index in [1.807, 2.05) is 0 Å². The van der Waals surface area contributed by atoms with Crippen LogP contribution in [0.3, 0.4) is 0 Å². The third kappa shape index (κ3) is 8.27. The fourth-order valence-corrected chi connectivity index (χ4v) is 4.77. The van der Waals surface area contributed by atoms with Crippen LogP contribution in [0.4, 0.5) is 0 Å². The Hall–Kier alpha value is -1.90. The highest BCUT2D eigenvalue weighted by Crippen LogP contribution is 2.34. The van der Waals surface area contributed by atoms with Crippen molar-refractivity contribution in [1.82, 2.24) is 9.97 Å². The molecule has 0 aliphatic heterocycles. The normalized spacial score (nSPS) is 18.8. The predicted molar refractivity (Wildman–Crippen MR) is 130 cm³/mol. The minimum atomic E-state index is 0.742. The van der Waals surface area contributed by atoms with E-state index >= 15 is 0 Å². The van der Waals surface area contributed by atoms with E-state index in [9.17, 15) is 0 Å². The molecule has 31 heavy (non-hydrogen) atoms. The molecule has 170 valence electrons. The highest BCUT2D eigenvalue weighted by atomic mass is 16.5. The molecule has 0 spiro atoms. The molecule has 1 saturated carbocycles. The van der Waals surface area contributed by atoms with Gasteiger partial charge in [-0.05, 0) is 36.7 Å². The molecule has 1 aromatic heterocycles. The van der Waals surface area contributed by atoms with Gasteiger partial charge in [-0.1, -0.05) is 102 Å². The SMILES string of the molecule is CCCCCOc1cnc(-c2ccc(CCC3CCC(CCCCC)CC3)cc2)nc1. The van der Waals surface area contributed by atoms with E-state index in [0.717, 1.165) is 42.0 Å². The molecule has 0 amide bonds. The molecule has 3 rings (SSSR count). The first kappa shape index (κ1) is 23.8. The maximum absolute atomic E-state index is 5.71. The third-order valence-corrected chi connectivity index (χ3v) is 6.88. The number of rotatable bonds is 13. The Morgan fingerprint density at radius 2 is 1.39 bits per heavy atom. The molecule has 0 atom stereocenters. The van der Waals surface area contributed by atoms with Crippen molar-refractivity contribution in [1.29, 1.82) is 0 Å².